The summed E-state index contributed by atoms with van der Waals surface area (Å²) in [6, 6.07) is 11.8. The average Bonchev–Trinajstić information content (AvgIpc) is 3.15. The fraction of sp³-hybridized carbons (Fsp3) is 0.435. The molecule has 1 unspecified atom stereocenters. The molecule has 4 nitrogen and oxygen atoms in total. The van der Waals surface area contributed by atoms with Crippen LogP contribution in [0.15, 0.2) is 42.5 Å². The van der Waals surface area contributed by atoms with Crippen molar-refractivity contribution >= 4 is 11.5 Å². The Morgan fingerprint density at radius 1 is 1.20 bits per heavy atom. The van der Waals surface area contributed by atoms with Crippen LogP contribution in [0.1, 0.15) is 43.7 Å². The zero-order valence-electron chi connectivity index (χ0n) is 17.3. The van der Waals surface area contributed by atoms with Gasteiger partial charge in [-0.15, -0.1) is 0 Å². The van der Waals surface area contributed by atoms with Crippen molar-refractivity contribution in [2.75, 3.05) is 25.1 Å². The van der Waals surface area contributed by atoms with E-state index in [0.717, 1.165) is 18.1 Å². The standard InChI is InChI=1S/C23H26F3NO3/c1-15(12-16(2)28)17-4-7-19(8-5-17)30-20-10-11-27(14-20)18-6-9-22(29-3)21(13-18)23(24,25)26/h4-9,13,15,20H,10-12,14H2,1-3H3/t15-,20?/m1/s1. The monoisotopic (exact) mass is 421 g/mol. The molecule has 0 N–H and O–H groups in total. The van der Waals surface area contributed by atoms with Crippen LogP contribution >= 0.6 is 0 Å². The van der Waals surface area contributed by atoms with Gasteiger partial charge in [-0.25, -0.2) is 0 Å². The third-order valence-electron chi connectivity index (χ3n) is 5.34. The summed E-state index contributed by atoms with van der Waals surface area (Å²) >= 11 is 0. The zero-order valence-corrected chi connectivity index (χ0v) is 17.3. The molecule has 0 amide bonds. The minimum atomic E-state index is -4.47. The van der Waals surface area contributed by atoms with Gasteiger partial charge in [0.1, 0.15) is 23.4 Å². The second-order valence-corrected chi connectivity index (χ2v) is 7.73. The van der Waals surface area contributed by atoms with E-state index in [-0.39, 0.29) is 23.6 Å². The lowest BCUT2D eigenvalue weighted by atomic mass is 9.96. The summed E-state index contributed by atoms with van der Waals surface area (Å²) in [5.41, 5.74) is 0.799. The van der Waals surface area contributed by atoms with Crippen LogP contribution < -0.4 is 14.4 Å². The summed E-state index contributed by atoms with van der Waals surface area (Å²) in [7, 11) is 1.23. The predicted molar refractivity (Wildman–Crippen MR) is 109 cm³/mol. The number of carbonyl (C=O) groups is 1. The van der Waals surface area contributed by atoms with Gasteiger partial charge in [-0.3, -0.25) is 0 Å². The number of halogens is 3. The van der Waals surface area contributed by atoms with Crippen molar-refractivity contribution in [1.29, 1.82) is 0 Å². The Bertz CT molecular complexity index is 880. The lowest BCUT2D eigenvalue weighted by molar-refractivity contribution is -0.138. The van der Waals surface area contributed by atoms with E-state index in [1.165, 1.54) is 13.2 Å². The number of rotatable bonds is 7. The van der Waals surface area contributed by atoms with E-state index in [1.54, 1.807) is 13.0 Å². The van der Waals surface area contributed by atoms with Crippen molar-refractivity contribution in [3.8, 4) is 11.5 Å². The summed E-state index contributed by atoms with van der Waals surface area (Å²) in [6.07, 6.45) is -3.37. The Balaban J connectivity index is 1.64. The molecular weight excluding hydrogens is 395 g/mol. The average molecular weight is 421 g/mol. The van der Waals surface area contributed by atoms with Gasteiger partial charge in [-0.1, -0.05) is 19.1 Å². The molecule has 0 aromatic heterocycles. The van der Waals surface area contributed by atoms with Gasteiger partial charge in [0, 0.05) is 25.1 Å². The van der Waals surface area contributed by atoms with E-state index < -0.39 is 11.7 Å². The van der Waals surface area contributed by atoms with Crippen LogP contribution in [0.25, 0.3) is 0 Å². The summed E-state index contributed by atoms with van der Waals surface area (Å²) in [6.45, 7) is 4.71. The Kier molecular flexibility index (Phi) is 6.58. The van der Waals surface area contributed by atoms with E-state index in [2.05, 4.69) is 0 Å². The Morgan fingerprint density at radius 3 is 2.50 bits per heavy atom. The van der Waals surface area contributed by atoms with Crippen LogP contribution in [0.4, 0.5) is 18.9 Å². The molecule has 0 bridgehead atoms. The molecular formula is C23H26F3NO3. The molecule has 2 atom stereocenters. The second kappa shape index (κ2) is 8.98. The van der Waals surface area contributed by atoms with Gasteiger partial charge in [0.25, 0.3) is 0 Å². The van der Waals surface area contributed by atoms with Gasteiger partial charge in [0.05, 0.1) is 19.2 Å². The van der Waals surface area contributed by atoms with Crippen molar-refractivity contribution in [2.45, 2.75) is 44.9 Å². The minimum absolute atomic E-state index is 0.109. The lowest BCUT2D eigenvalue weighted by Crippen LogP contribution is -2.25. The molecule has 3 rings (SSSR count). The first kappa shape index (κ1) is 22.0. The molecule has 0 radical (unpaired) electrons. The van der Waals surface area contributed by atoms with Gasteiger partial charge in [-0.2, -0.15) is 13.2 Å². The van der Waals surface area contributed by atoms with Crippen LogP contribution in [0.3, 0.4) is 0 Å². The molecule has 2 aromatic rings. The molecule has 7 heteroatoms. The molecule has 162 valence electrons. The van der Waals surface area contributed by atoms with E-state index >= 15 is 0 Å². The summed E-state index contributed by atoms with van der Waals surface area (Å²) in [4.78, 5) is 13.2. The summed E-state index contributed by atoms with van der Waals surface area (Å²) < 4.78 is 50.7. The number of benzene rings is 2. The number of methoxy groups -OCH3 is 1. The molecule has 1 fully saturated rings. The van der Waals surface area contributed by atoms with Gasteiger partial charge < -0.3 is 19.2 Å². The third-order valence-corrected chi connectivity index (χ3v) is 5.34. The highest BCUT2D eigenvalue weighted by molar-refractivity contribution is 5.76. The number of hydrogen-bond donors (Lipinski definition) is 0. The molecule has 1 heterocycles. The Morgan fingerprint density at radius 2 is 1.90 bits per heavy atom. The van der Waals surface area contributed by atoms with Gasteiger partial charge in [0.2, 0.25) is 0 Å². The van der Waals surface area contributed by atoms with Gasteiger partial charge in [0.15, 0.2) is 0 Å². The van der Waals surface area contributed by atoms with Crippen LogP contribution in [-0.2, 0) is 11.0 Å². The number of nitrogens with zero attached hydrogens (tertiary/aromatic N) is 1. The number of ether oxygens (including phenoxy) is 2. The Hall–Kier alpha value is -2.70. The largest absolute Gasteiger partial charge is 0.496 e. The van der Waals surface area contributed by atoms with E-state index in [1.807, 2.05) is 36.1 Å². The van der Waals surface area contributed by atoms with Crippen molar-refractivity contribution in [2.24, 2.45) is 0 Å². The van der Waals surface area contributed by atoms with Gasteiger partial charge >= 0.3 is 6.18 Å². The van der Waals surface area contributed by atoms with Crippen molar-refractivity contribution < 1.29 is 27.4 Å². The van der Waals surface area contributed by atoms with E-state index in [4.69, 9.17) is 9.47 Å². The Labute approximate surface area is 174 Å². The molecule has 0 saturated carbocycles. The van der Waals surface area contributed by atoms with Crippen LogP contribution in [0, 0.1) is 0 Å². The van der Waals surface area contributed by atoms with E-state index in [9.17, 15) is 18.0 Å². The first-order valence-corrected chi connectivity index (χ1v) is 9.93. The number of carbonyl (C=O) groups excluding carboxylic acids is 1. The van der Waals surface area contributed by atoms with Crippen molar-refractivity contribution in [3.63, 3.8) is 0 Å². The third kappa shape index (κ3) is 5.26. The lowest BCUT2D eigenvalue weighted by Gasteiger charge is -2.21. The molecule has 0 aliphatic carbocycles. The maximum Gasteiger partial charge on any atom is 0.420 e. The number of ketones is 1. The number of anilines is 1. The molecule has 30 heavy (non-hydrogen) atoms. The van der Waals surface area contributed by atoms with Gasteiger partial charge in [-0.05, 0) is 48.7 Å². The van der Waals surface area contributed by atoms with Crippen LogP contribution in [0.2, 0.25) is 0 Å². The number of Topliss-reactive ketones (excluding diaryl/α,β-unsaturated/α-hetero) is 1. The van der Waals surface area contributed by atoms with Crippen LogP contribution in [0.5, 0.6) is 11.5 Å². The molecule has 0 spiro atoms. The second-order valence-electron chi connectivity index (χ2n) is 7.73. The number of hydrogen-bond acceptors (Lipinski definition) is 4. The van der Waals surface area contributed by atoms with Crippen LogP contribution in [-0.4, -0.2) is 32.1 Å². The zero-order chi connectivity index (χ0) is 21.9. The fourth-order valence-corrected chi connectivity index (χ4v) is 3.79. The number of alkyl halides is 3. The maximum atomic E-state index is 13.3. The SMILES string of the molecule is COc1ccc(N2CCC(Oc3ccc([C@H](C)CC(C)=O)cc3)C2)cc1C(F)(F)F. The van der Waals surface area contributed by atoms with Crippen molar-refractivity contribution in [3.05, 3.63) is 53.6 Å². The molecule has 1 aliphatic rings. The topological polar surface area (TPSA) is 38.8 Å². The minimum Gasteiger partial charge on any atom is -0.496 e. The smallest absolute Gasteiger partial charge is 0.420 e. The maximum absolute atomic E-state index is 13.3. The highest BCUT2D eigenvalue weighted by atomic mass is 19.4. The highest BCUT2D eigenvalue weighted by Crippen LogP contribution is 2.39. The fourth-order valence-electron chi connectivity index (χ4n) is 3.79. The predicted octanol–water partition coefficient (Wildman–Crippen LogP) is 5.45. The summed E-state index contributed by atoms with van der Waals surface area (Å²) in [5, 5.41) is 0. The molecule has 2 aromatic carbocycles. The normalized spacial score (nSPS) is 17.7. The summed E-state index contributed by atoms with van der Waals surface area (Å²) in [5.74, 6) is 0.834. The quantitative estimate of drug-likeness (QED) is 0.596. The first-order chi connectivity index (χ1) is 14.2. The van der Waals surface area contributed by atoms with E-state index in [0.29, 0.717) is 30.9 Å². The molecule has 1 saturated heterocycles. The molecule has 1 aliphatic heterocycles. The first-order valence-electron chi connectivity index (χ1n) is 9.93. The van der Waals surface area contributed by atoms with Crippen molar-refractivity contribution in [1.82, 2.24) is 0 Å². The highest BCUT2D eigenvalue weighted by Gasteiger charge is 2.35.